The number of hydrogen-bond acceptors (Lipinski definition) is 5. The van der Waals surface area contributed by atoms with Gasteiger partial charge in [-0.1, -0.05) is 0 Å². The molecule has 2 unspecified atom stereocenters. The third kappa shape index (κ3) is 3.97. The van der Waals surface area contributed by atoms with E-state index in [-0.39, 0.29) is 6.04 Å². The lowest BCUT2D eigenvalue weighted by Gasteiger charge is -2.32. The molecule has 2 heterocycles. The Morgan fingerprint density at radius 2 is 2.15 bits per heavy atom. The fourth-order valence-electron chi connectivity index (χ4n) is 2.70. The number of piperidine rings is 1. The zero-order valence-corrected chi connectivity index (χ0v) is 12.8. The van der Waals surface area contributed by atoms with Crippen molar-refractivity contribution in [2.75, 3.05) is 26.4 Å². The van der Waals surface area contributed by atoms with Crippen LogP contribution in [-0.4, -0.2) is 49.1 Å². The van der Waals surface area contributed by atoms with Crippen LogP contribution in [0, 0.1) is 5.92 Å². The van der Waals surface area contributed by atoms with Crippen molar-refractivity contribution in [3.05, 3.63) is 24.3 Å². The van der Waals surface area contributed by atoms with Gasteiger partial charge in [-0.05, 0) is 38.3 Å². The zero-order chi connectivity index (χ0) is 14.6. The first-order valence-corrected chi connectivity index (χ1v) is 8.75. The van der Waals surface area contributed by atoms with E-state index in [0.717, 1.165) is 25.1 Å². The van der Waals surface area contributed by atoms with Crippen LogP contribution >= 0.6 is 0 Å². The fraction of sp³-hybridized carbons (Fsp3) is 0.692. The van der Waals surface area contributed by atoms with Crippen LogP contribution in [0.15, 0.2) is 18.5 Å². The van der Waals surface area contributed by atoms with Gasteiger partial charge in [0, 0.05) is 25.5 Å². The molecule has 1 aliphatic rings. The van der Waals surface area contributed by atoms with Crippen LogP contribution in [-0.2, 0) is 10.0 Å². The molecule has 1 aromatic rings. The summed E-state index contributed by atoms with van der Waals surface area (Å²) in [5, 5.41) is 3.23. The van der Waals surface area contributed by atoms with E-state index < -0.39 is 10.0 Å². The molecule has 1 fully saturated rings. The number of nitrogens with zero attached hydrogens (tertiary/aromatic N) is 3. The van der Waals surface area contributed by atoms with Gasteiger partial charge in [-0.15, -0.1) is 0 Å². The van der Waals surface area contributed by atoms with Crippen LogP contribution in [0.3, 0.4) is 0 Å². The van der Waals surface area contributed by atoms with E-state index in [1.54, 1.807) is 22.8 Å². The minimum absolute atomic E-state index is 0.0701. The van der Waals surface area contributed by atoms with Crippen molar-refractivity contribution in [1.29, 1.82) is 0 Å². The summed E-state index contributed by atoms with van der Waals surface area (Å²) in [6, 6.07) is 1.86. The summed E-state index contributed by atoms with van der Waals surface area (Å²) in [5.74, 6) is 1.12. The second-order valence-corrected chi connectivity index (χ2v) is 7.30. The topological polar surface area (TPSA) is 75.2 Å². The minimum Gasteiger partial charge on any atom is -0.310 e. The van der Waals surface area contributed by atoms with Gasteiger partial charge in [-0.3, -0.25) is 0 Å². The van der Waals surface area contributed by atoms with Crippen LogP contribution in [0.5, 0.6) is 0 Å². The minimum atomic E-state index is -3.08. The Labute approximate surface area is 120 Å². The average Bonchev–Trinajstić information content (AvgIpc) is 2.45. The summed E-state index contributed by atoms with van der Waals surface area (Å²) >= 11 is 0. The second-order valence-electron chi connectivity index (χ2n) is 5.31. The van der Waals surface area contributed by atoms with Gasteiger partial charge in [-0.2, -0.15) is 0 Å². The first-order valence-electron chi connectivity index (χ1n) is 6.90. The van der Waals surface area contributed by atoms with E-state index >= 15 is 0 Å². The molecule has 0 amide bonds. The molecular formula is C13H22N4O2S. The van der Waals surface area contributed by atoms with E-state index in [4.69, 9.17) is 0 Å². The largest absolute Gasteiger partial charge is 0.310 e. The molecule has 0 aromatic carbocycles. The maximum atomic E-state index is 11.6. The Kier molecular flexibility index (Phi) is 5.06. The molecule has 2 rings (SSSR count). The molecule has 2 atom stereocenters. The van der Waals surface area contributed by atoms with Crippen LogP contribution in [0.4, 0.5) is 0 Å². The standard InChI is InChI=1S/C13H22N4O2S/c1-14-12(13-15-6-4-7-16-13)9-11-5-3-8-17(10-11)20(2,18)19/h4,6-7,11-12,14H,3,5,8-10H2,1-2H3. The van der Waals surface area contributed by atoms with Gasteiger partial charge in [-0.25, -0.2) is 22.7 Å². The third-order valence-electron chi connectivity index (χ3n) is 3.77. The van der Waals surface area contributed by atoms with Gasteiger partial charge >= 0.3 is 0 Å². The first kappa shape index (κ1) is 15.3. The van der Waals surface area contributed by atoms with Gasteiger partial charge < -0.3 is 5.32 Å². The second kappa shape index (κ2) is 6.60. The summed E-state index contributed by atoms with van der Waals surface area (Å²) in [7, 11) is -1.20. The highest BCUT2D eigenvalue weighted by Gasteiger charge is 2.28. The number of hydrogen-bond donors (Lipinski definition) is 1. The Bertz CT molecular complexity index is 520. The molecule has 0 bridgehead atoms. The van der Waals surface area contributed by atoms with Crippen molar-refractivity contribution >= 4 is 10.0 Å². The average molecular weight is 298 g/mol. The fourth-order valence-corrected chi connectivity index (χ4v) is 3.64. The Hall–Kier alpha value is -1.05. The lowest BCUT2D eigenvalue weighted by atomic mass is 9.92. The van der Waals surface area contributed by atoms with Crippen LogP contribution in [0.2, 0.25) is 0 Å². The molecule has 112 valence electrons. The lowest BCUT2D eigenvalue weighted by Crippen LogP contribution is -2.40. The molecule has 1 aromatic heterocycles. The smallest absolute Gasteiger partial charge is 0.211 e. The SMILES string of the molecule is CNC(CC1CCCN(S(C)(=O)=O)C1)c1ncccn1. The predicted octanol–water partition coefficient (Wildman–Crippen LogP) is 0.799. The number of sulfonamides is 1. The molecule has 1 saturated heterocycles. The van der Waals surface area contributed by atoms with E-state index in [1.807, 2.05) is 7.05 Å². The number of rotatable bonds is 5. The van der Waals surface area contributed by atoms with Crippen molar-refractivity contribution in [1.82, 2.24) is 19.6 Å². The van der Waals surface area contributed by atoms with E-state index in [1.165, 1.54) is 6.26 Å². The summed E-state index contributed by atoms with van der Waals surface area (Å²) in [5.41, 5.74) is 0. The third-order valence-corrected chi connectivity index (χ3v) is 5.04. The van der Waals surface area contributed by atoms with Crippen LogP contribution < -0.4 is 5.32 Å². The van der Waals surface area contributed by atoms with E-state index in [2.05, 4.69) is 15.3 Å². The quantitative estimate of drug-likeness (QED) is 0.870. The van der Waals surface area contributed by atoms with Crippen LogP contribution in [0.1, 0.15) is 31.1 Å². The first-order chi connectivity index (χ1) is 9.50. The highest BCUT2D eigenvalue weighted by atomic mass is 32.2. The number of aromatic nitrogens is 2. The Morgan fingerprint density at radius 3 is 2.75 bits per heavy atom. The van der Waals surface area contributed by atoms with Crippen LogP contribution in [0.25, 0.3) is 0 Å². The molecule has 1 aliphatic heterocycles. The molecule has 7 heteroatoms. The normalized spacial score (nSPS) is 22.6. The summed E-state index contributed by atoms with van der Waals surface area (Å²) in [6.07, 6.45) is 7.57. The van der Waals surface area contributed by atoms with Gasteiger partial charge in [0.05, 0.1) is 12.3 Å². The summed E-state index contributed by atoms with van der Waals surface area (Å²) in [6.45, 7) is 1.24. The molecule has 0 saturated carbocycles. The molecule has 1 N–H and O–H groups in total. The predicted molar refractivity (Wildman–Crippen MR) is 77.6 cm³/mol. The van der Waals surface area contributed by atoms with Gasteiger partial charge in [0.1, 0.15) is 5.82 Å². The van der Waals surface area contributed by atoms with Gasteiger partial charge in [0.15, 0.2) is 0 Å². The van der Waals surface area contributed by atoms with Gasteiger partial charge in [0.2, 0.25) is 10.0 Å². The molecule has 0 spiro atoms. The highest BCUT2D eigenvalue weighted by Crippen LogP contribution is 2.26. The van der Waals surface area contributed by atoms with Crippen molar-refractivity contribution in [2.24, 2.45) is 5.92 Å². The summed E-state index contributed by atoms with van der Waals surface area (Å²) < 4.78 is 24.9. The molecule has 0 aliphatic carbocycles. The molecular weight excluding hydrogens is 276 g/mol. The molecule has 0 radical (unpaired) electrons. The lowest BCUT2D eigenvalue weighted by molar-refractivity contribution is 0.238. The van der Waals surface area contributed by atoms with E-state index in [0.29, 0.717) is 19.0 Å². The Morgan fingerprint density at radius 1 is 1.45 bits per heavy atom. The highest BCUT2D eigenvalue weighted by molar-refractivity contribution is 7.88. The maximum absolute atomic E-state index is 11.6. The number of nitrogens with one attached hydrogen (secondary N) is 1. The van der Waals surface area contributed by atoms with E-state index in [9.17, 15) is 8.42 Å². The van der Waals surface area contributed by atoms with Crippen molar-refractivity contribution in [3.8, 4) is 0 Å². The molecule has 6 nitrogen and oxygen atoms in total. The van der Waals surface area contributed by atoms with Gasteiger partial charge in [0.25, 0.3) is 0 Å². The van der Waals surface area contributed by atoms with Crippen molar-refractivity contribution in [3.63, 3.8) is 0 Å². The zero-order valence-electron chi connectivity index (χ0n) is 12.0. The van der Waals surface area contributed by atoms with Crippen molar-refractivity contribution in [2.45, 2.75) is 25.3 Å². The summed E-state index contributed by atoms with van der Waals surface area (Å²) in [4.78, 5) is 8.56. The Balaban J connectivity index is 2.01. The monoisotopic (exact) mass is 298 g/mol. The maximum Gasteiger partial charge on any atom is 0.211 e. The molecule has 20 heavy (non-hydrogen) atoms. The van der Waals surface area contributed by atoms with Crippen molar-refractivity contribution < 1.29 is 8.42 Å².